The zero-order chi connectivity index (χ0) is 18.1. The molecule has 0 saturated carbocycles. The van der Waals surface area contributed by atoms with Crippen LogP contribution < -0.4 is 5.63 Å². The molecule has 0 bridgehead atoms. The van der Waals surface area contributed by atoms with Gasteiger partial charge in [0, 0.05) is 23.1 Å². The molecule has 1 aromatic heterocycles. The van der Waals surface area contributed by atoms with Crippen molar-refractivity contribution in [3.05, 3.63) is 50.4 Å². The van der Waals surface area contributed by atoms with Gasteiger partial charge in [0.05, 0.1) is 4.92 Å². The Labute approximate surface area is 148 Å². The monoisotopic (exact) mass is 345 g/mol. The summed E-state index contributed by atoms with van der Waals surface area (Å²) in [7, 11) is 0. The second-order valence-corrected chi connectivity index (χ2v) is 6.62. The number of rotatable bonds is 11. The highest BCUT2D eigenvalue weighted by Crippen LogP contribution is 2.21. The Morgan fingerprint density at radius 3 is 2.24 bits per heavy atom. The first-order valence-corrected chi connectivity index (χ1v) is 9.33. The third-order valence-electron chi connectivity index (χ3n) is 4.55. The largest absolute Gasteiger partial charge is 0.423 e. The van der Waals surface area contributed by atoms with Gasteiger partial charge in [0.1, 0.15) is 5.58 Å². The lowest BCUT2D eigenvalue weighted by Gasteiger charge is -2.03. The minimum absolute atomic E-state index is 0.00960. The molecule has 2 aromatic rings. The summed E-state index contributed by atoms with van der Waals surface area (Å²) >= 11 is 0. The summed E-state index contributed by atoms with van der Waals surface area (Å²) in [6, 6.07) is 6.03. The minimum atomic E-state index is -0.440. The number of benzene rings is 1. The number of nitro groups is 1. The maximum Gasteiger partial charge on any atom is 0.339 e. The van der Waals surface area contributed by atoms with Crippen LogP contribution in [0.25, 0.3) is 11.0 Å². The summed E-state index contributed by atoms with van der Waals surface area (Å²) in [5.74, 6) is 0. The van der Waals surface area contributed by atoms with Gasteiger partial charge < -0.3 is 4.42 Å². The summed E-state index contributed by atoms with van der Waals surface area (Å²) in [4.78, 5) is 22.4. The molecule has 5 heteroatoms. The van der Waals surface area contributed by atoms with E-state index in [2.05, 4.69) is 6.92 Å². The van der Waals surface area contributed by atoms with Gasteiger partial charge in [-0.05, 0) is 25.0 Å². The normalized spacial score (nSPS) is 11.1. The second kappa shape index (κ2) is 9.97. The summed E-state index contributed by atoms with van der Waals surface area (Å²) in [5.41, 5.74) is 0.679. The van der Waals surface area contributed by atoms with E-state index < -0.39 is 4.92 Å². The van der Waals surface area contributed by atoms with Crippen LogP contribution in [0.15, 0.2) is 33.5 Å². The zero-order valence-electron chi connectivity index (χ0n) is 15.0. The quantitative estimate of drug-likeness (QED) is 0.224. The Balaban J connectivity index is 1.83. The van der Waals surface area contributed by atoms with Crippen molar-refractivity contribution in [2.75, 3.05) is 0 Å². The molecule has 2 rings (SSSR count). The summed E-state index contributed by atoms with van der Waals surface area (Å²) < 4.78 is 5.28. The number of hydrogen-bond acceptors (Lipinski definition) is 4. The van der Waals surface area contributed by atoms with Crippen LogP contribution in [-0.2, 0) is 6.42 Å². The van der Waals surface area contributed by atoms with Crippen LogP contribution in [0, 0.1) is 10.1 Å². The minimum Gasteiger partial charge on any atom is -0.423 e. The maximum atomic E-state index is 12.0. The molecule has 0 aliphatic carbocycles. The lowest BCUT2D eigenvalue weighted by atomic mass is 10.0. The zero-order valence-corrected chi connectivity index (χ0v) is 15.0. The molecule has 0 fully saturated rings. The number of non-ortho nitro benzene ring substituents is 1. The van der Waals surface area contributed by atoms with Crippen molar-refractivity contribution in [3.8, 4) is 0 Å². The van der Waals surface area contributed by atoms with Gasteiger partial charge in [-0.25, -0.2) is 4.79 Å². The number of nitrogens with zero attached hydrogens (tertiary/aromatic N) is 1. The Kier molecular flexibility index (Phi) is 7.64. The molecule has 0 amide bonds. The summed E-state index contributed by atoms with van der Waals surface area (Å²) in [6.45, 7) is 2.22. The molecule has 0 spiro atoms. The van der Waals surface area contributed by atoms with E-state index >= 15 is 0 Å². The lowest BCUT2D eigenvalue weighted by Crippen LogP contribution is -2.07. The molecule has 1 aromatic carbocycles. The molecular weight excluding hydrogens is 318 g/mol. The number of fused-ring (bicyclic) bond motifs is 1. The van der Waals surface area contributed by atoms with Crippen LogP contribution in [0.2, 0.25) is 0 Å². The topological polar surface area (TPSA) is 73.3 Å². The van der Waals surface area contributed by atoms with Crippen LogP contribution in [0.5, 0.6) is 0 Å². The molecule has 25 heavy (non-hydrogen) atoms. The van der Waals surface area contributed by atoms with E-state index in [0.717, 1.165) is 12.8 Å². The second-order valence-electron chi connectivity index (χ2n) is 6.62. The molecule has 5 nitrogen and oxygen atoms in total. The highest BCUT2D eigenvalue weighted by molar-refractivity contribution is 5.79. The van der Waals surface area contributed by atoms with Crippen LogP contribution in [0.3, 0.4) is 0 Å². The molecule has 1 heterocycles. The fourth-order valence-corrected chi connectivity index (χ4v) is 3.07. The smallest absolute Gasteiger partial charge is 0.339 e. The Hall–Kier alpha value is -2.17. The van der Waals surface area contributed by atoms with E-state index in [1.807, 2.05) is 0 Å². The molecule has 0 saturated heterocycles. The predicted molar refractivity (Wildman–Crippen MR) is 100 cm³/mol. The van der Waals surface area contributed by atoms with Crippen LogP contribution in [0.4, 0.5) is 5.69 Å². The average molecular weight is 345 g/mol. The highest BCUT2D eigenvalue weighted by Gasteiger charge is 2.10. The van der Waals surface area contributed by atoms with Crippen molar-refractivity contribution in [1.29, 1.82) is 0 Å². The van der Waals surface area contributed by atoms with Crippen molar-refractivity contribution in [3.63, 3.8) is 0 Å². The Bertz CT molecular complexity index is 751. The van der Waals surface area contributed by atoms with Gasteiger partial charge in [-0.1, -0.05) is 58.3 Å². The van der Waals surface area contributed by atoms with Gasteiger partial charge in [-0.2, -0.15) is 0 Å². The van der Waals surface area contributed by atoms with Gasteiger partial charge in [-0.15, -0.1) is 0 Å². The van der Waals surface area contributed by atoms with E-state index in [1.165, 1.54) is 63.1 Å². The molecule has 0 aliphatic heterocycles. The van der Waals surface area contributed by atoms with E-state index in [1.54, 1.807) is 6.07 Å². The van der Waals surface area contributed by atoms with E-state index in [9.17, 15) is 14.9 Å². The highest BCUT2D eigenvalue weighted by atomic mass is 16.6. The van der Waals surface area contributed by atoms with Crippen molar-refractivity contribution in [2.45, 2.75) is 71.1 Å². The summed E-state index contributed by atoms with van der Waals surface area (Å²) in [5, 5.41) is 11.5. The van der Waals surface area contributed by atoms with Gasteiger partial charge in [-0.3, -0.25) is 10.1 Å². The third-order valence-corrected chi connectivity index (χ3v) is 4.55. The molecule has 0 atom stereocenters. The first kappa shape index (κ1) is 19.2. The fraction of sp³-hybridized carbons (Fsp3) is 0.550. The predicted octanol–water partition coefficient (Wildman–Crippen LogP) is 5.77. The number of nitro benzene ring substituents is 1. The van der Waals surface area contributed by atoms with E-state index in [0.29, 0.717) is 23.0 Å². The Morgan fingerprint density at radius 1 is 0.960 bits per heavy atom. The standard InChI is InChI=1S/C20H27NO4/c1-2-3-4-5-6-7-8-9-10-11-16-14-17-15-18(21(23)24)12-13-19(17)25-20(16)22/h12-15H,2-11H2,1H3. The van der Waals surface area contributed by atoms with Crippen molar-refractivity contribution >= 4 is 16.7 Å². The van der Waals surface area contributed by atoms with Crippen LogP contribution in [0.1, 0.15) is 70.3 Å². The number of aryl methyl sites for hydroxylation is 1. The average Bonchev–Trinajstić information content (AvgIpc) is 2.60. The maximum absolute atomic E-state index is 12.0. The molecule has 0 radical (unpaired) electrons. The molecular formula is C20H27NO4. The van der Waals surface area contributed by atoms with Gasteiger partial charge in [0.25, 0.3) is 5.69 Å². The third kappa shape index (κ3) is 6.00. The molecule has 0 N–H and O–H groups in total. The Morgan fingerprint density at radius 2 is 1.60 bits per heavy atom. The SMILES string of the molecule is CCCCCCCCCCCc1cc2cc([N+](=O)[O-])ccc2oc1=O. The van der Waals surface area contributed by atoms with Crippen molar-refractivity contribution < 1.29 is 9.34 Å². The van der Waals surface area contributed by atoms with E-state index in [-0.39, 0.29) is 11.3 Å². The lowest BCUT2D eigenvalue weighted by molar-refractivity contribution is -0.384. The molecule has 0 unspecified atom stereocenters. The van der Waals surface area contributed by atoms with Crippen molar-refractivity contribution in [1.82, 2.24) is 0 Å². The van der Waals surface area contributed by atoms with Gasteiger partial charge >= 0.3 is 5.63 Å². The van der Waals surface area contributed by atoms with Gasteiger partial charge in [0.2, 0.25) is 0 Å². The first-order valence-electron chi connectivity index (χ1n) is 9.33. The number of unbranched alkanes of at least 4 members (excludes halogenated alkanes) is 8. The molecule has 136 valence electrons. The first-order chi connectivity index (χ1) is 12.1. The fourth-order valence-electron chi connectivity index (χ4n) is 3.07. The van der Waals surface area contributed by atoms with Crippen LogP contribution >= 0.6 is 0 Å². The van der Waals surface area contributed by atoms with Gasteiger partial charge in [0.15, 0.2) is 0 Å². The molecule has 0 aliphatic rings. The summed E-state index contributed by atoms with van der Waals surface area (Å²) in [6.07, 6.45) is 11.7. The number of hydrogen-bond donors (Lipinski definition) is 0. The van der Waals surface area contributed by atoms with E-state index in [4.69, 9.17) is 4.42 Å². The van der Waals surface area contributed by atoms with Crippen LogP contribution in [-0.4, -0.2) is 4.92 Å². The van der Waals surface area contributed by atoms with Crippen molar-refractivity contribution in [2.24, 2.45) is 0 Å².